The number of aromatic nitrogens is 2. The number of benzene rings is 2. The molecule has 2 aromatic carbocycles. The molecule has 0 fully saturated rings. The van der Waals surface area contributed by atoms with Crippen LogP contribution < -0.4 is 10.9 Å². The molecule has 0 aliphatic rings. The number of thiazole rings is 1. The Hall–Kier alpha value is -2.96. The number of rotatable bonds is 5. The maximum Gasteiger partial charge on any atom is 0.252 e. The molecule has 152 valence electrons. The molecule has 1 amide bonds. The highest BCUT2D eigenvalue weighted by molar-refractivity contribution is 7.14. The summed E-state index contributed by atoms with van der Waals surface area (Å²) < 4.78 is 1.57. The number of carbonyl (C=O) groups is 1. The molecule has 5 nitrogen and oxygen atoms in total. The van der Waals surface area contributed by atoms with Crippen LogP contribution in [-0.2, 0) is 4.79 Å². The van der Waals surface area contributed by atoms with Crippen molar-refractivity contribution in [2.45, 2.75) is 26.3 Å². The van der Waals surface area contributed by atoms with Crippen LogP contribution in [0.3, 0.4) is 0 Å². The first kappa shape index (κ1) is 20.3. The Morgan fingerprint density at radius 1 is 1.20 bits per heavy atom. The number of nitrogens with one attached hydrogen (secondary N) is 1. The van der Waals surface area contributed by atoms with Gasteiger partial charge in [-0.2, -0.15) is 0 Å². The second-order valence-corrected chi connectivity index (χ2v) is 8.31. The SMILES string of the molecule is CCC(C(=O)Nc1nc(-c2ccc(Cl)cc2)cs1)n1c(=O)cc(C)c2ccccc21. The third kappa shape index (κ3) is 3.88. The zero-order chi connectivity index (χ0) is 21.3. The van der Waals surface area contributed by atoms with E-state index in [1.165, 1.54) is 11.3 Å². The summed E-state index contributed by atoms with van der Waals surface area (Å²) in [4.78, 5) is 30.4. The van der Waals surface area contributed by atoms with E-state index in [9.17, 15) is 9.59 Å². The third-order valence-corrected chi connectivity index (χ3v) is 6.05. The summed E-state index contributed by atoms with van der Waals surface area (Å²) in [7, 11) is 0. The maximum atomic E-state index is 13.1. The van der Waals surface area contributed by atoms with Crippen LogP contribution in [0.1, 0.15) is 24.9 Å². The summed E-state index contributed by atoms with van der Waals surface area (Å²) in [5, 5.41) is 6.88. The zero-order valence-electron chi connectivity index (χ0n) is 16.6. The van der Waals surface area contributed by atoms with Gasteiger partial charge in [0.15, 0.2) is 5.13 Å². The molecule has 1 atom stereocenters. The smallest absolute Gasteiger partial charge is 0.252 e. The van der Waals surface area contributed by atoms with Crippen molar-refractivity contribution in [1.82, 2.24) is 9.55 Å². The molecular formula is C23H20ClN3O2S. The van der Waals surface area contributed by atoms with Gasteiger partial charge in [-0.25, -0.2) is 4.98 Å². The van der Waals surface area contributed by atoms with Crippen molar-refractivity contribution in [3.63, 3.8) is 0 Å². The van der Waals surface area contributed by atoms with E-state index in [1.54, 1.807) is 22.8 Å². The van der Waals surface area contributed by atoms with Gasteiger partial charge in [-0.05, 0) is 37.1 Å². The monoisotopic (exact) mass is 437 g/mol. The minimum Gasteiger partial charge on any atom is -0.300 e. The van der Waals surface area contributed by atoms with E-state index in [4.69, 9.17) is 11.6 Å². The summed E-state index contributed by atoms with van der Waals surface area (Å²) in [6, 6.07) is 16.0. The molecule has 4 aromatic rings. The fraction of sp³-hybridized carbons (Fsp3) is 0.174. The number of fused-ring (bicyclic) bond motifs is 1. The standard InChI is InChI=1S/C23H20ClN3O2S/c1-3-19(27-20-7-5-4-6-17(20)14(2)12-21(27)28)22(29)26-23-25-18(13-30-23)15-8-10-16(24)11-9-15/h4-13,19H,3H2,1-2H3,(H,25,26,29). The fourth-order valence-electron chi connectivity index (χ4n) is 3.55. The van der Waals surface area contributed by atoms with Crippen molar-refractivity contribution >= 4 is 44.9 Å². The summed E-state index contributed by atoms with van der Waals surface area (Å²) in [6.45, 7) is 3.80. The van der Waals surface area contributed by atoms with E-state index in [1.807, 2.05) is 55.6 Å². The van der Waals surface area contributed by atoms with Crippen molar-refractivity contribution in [2.75, 3.05) is 5.32 Å². The Labute approximate surface area is 183 Å². The van der Waals surface area contributed by atoms with Gasteiger partial charge in [0, 0.05) is 27.4 Å². The van der Waals surface area contributed by atoms with Gasteiger partial charge in [-0.15, -0.1) is 11.3 Å². The van der Waals surface area contributed by atoms with Crippen LogP contribution in [0.5, 0.6) is 0 Å². The topological polar surface area (TPSA) is 64.0 Å². The van der Waals surface area contributed by atoms with E-state index < -0.39 is 6.04 Å². The van der Waals surface area contributed by atoms with Crippen molar-refractivity contribution < 1.29 is 4.79 Å². The van der Waals surface area contributed by atoms with Crippen LogP contribution in [0.15, 0.2) is 64.8 Å². The maximum absolute atomic E-state index is 13.1. The highest BCUT2D eigenvalue weighted by atomic mass is 35.5. The molecule has 1 unspecified atom stereocenters. The molecule has 0 aliphatic carbocycles. The third-order valence-electron chi connectivity index (χ3n) is 5.04. The average molecular weight is 438 g/mol. The first-order valence-electron chi connectivity index (χ1n) is 9.61. The first-order valence-corrected chi connectivity index (χ1v) is 10.9. The number of anilines is 1. The molecule has 0 radical (unpaired) electrons. The normalized spacial score (nSPS) is 12.1. The molecule has 7 heteroatoms. The molecule has 0 spiro atoms. The van der Waals surface area contributed by atoms with Crippen LogP contribution in [0, 0.1) is 6.92 Å². The average Bonchev–Trinajstić information content (AvgIpc) is 3.20. The van der Waals surface area contributed by atoms with Crippen molar-refractivity contribution in [1.29, 1.82) is 0 Å². The molecule has 0 aliphatic heterocycles. The predicted octanol–water partition coefficient (Wildman–Crippen LogP) is 5.68. The van der Waals surface area contributed by atoms with E-state index in [2.05, 4.69) is 10.3 Å². The van der Waals surface area contributed by atoms with Gasteiger partial charge in [0.25, 0.3) is 5.56 Å². The van der Waals surface area contributed by atoms with Gasteiger partial charge < -0.3 is 5.32 Å². The predicted molar refractivity (Wildman–Crippen MR) is 123 cm³/mol. The van der Waals surface area contributed by atoms with Crippen LogP contribution in [0.25, 0.3) is 22.2 Å². The lowest BCUT2D eigenvalue weighted by molar-refractivity contribution is -0.119. The quantitative estimate of drug-likeness (QED) is 0.437. The molecule has 2 aromatic heterocycles. The van der Waals surface area contributed by atoms with Crippen molar-refractivity contribution in [2.24, 2.45) is 0 Å². The van der Waals surface area contributed by atoms with Gasteiger partial charge >= 0.3 is 0 Å². The minimum absolute atomic E-state index is 0.186. The van der Waals surface area contributed by atoms with Crippen LogP contribution in [0.2, 0.25) is 5.02 Å². The Bertz CT molecular complexity index is 1280. The second kappa shape index (κ2) is 8.42. The molecule has 0 saturated heterocycles. The lowest BCUT2D eigenvalue weighted by Gasteiger charge is -2.20. The minimum atomic E-state index is -0.633. The number of pyridine rings is 1. The van der Waals surface area contributed by atoms with Gasteiger partial charge in [-0.3, -0.25) is 14.2 Å². The fourth-order valence-corrected chi connectivity index (χ4v) is 4.40. The van der Waals surface area contributed by atoms with Crippen LogP contribution in [-0.4, -0.2) is 15.5 Å². The van der Waals surface area contributed by atoms with Crippen LogP contribution >= 0.6 is 22.9 Å². The first-order chi connectivity index (χ1) is 14.5. The molecule has 4 rings (SSSR count). The molecular weight excluding hydrogens is 418 g/mol. The highest BCUT2D eigenvalue weighted by Crippen LogP contribution is 2.27. The summed E-state index contributed by atoms with van der Waals surface area (Å²) >= 11 is 7.29. The van der Waals surface area contributed by atoms with Crippen molar-refractivity contribution in [3.05, 3.63) is 80.9 Å². The number of nitrogens with zero attached hydrogens (tertiary/aromatic N) is 2. The summed E-state index contributed by atoms with van der Waals surface area (Å²) in [5.41, 5.74) is 3.15. The highest BCUT2D eigenvalue weighted by Gasteiger charge is 2.23. The number of aryl methyl sites for hydroxylation is 1. The molecule has 1 N–H and O–H groups in total. The van der Waals surface area contributed by atoms with Crippen LogP contribution in [0.4, 0.5) is 5.13 Å². The molecule has 30 heavy (non-hydrogen) atoms. The number of hydrogen-bond donors (Lipinski definition) is 1. The van der Waals surface area contributed by atoms with E-state index in [0.717, 1.165) is 27.7 Å². The largest absolute Gasteiger partial charge is 0.300 e. The Kier molecular flexibility index (Phi) is 5.70. The lowest BCUT2D eigenvalue weighted by atomic mass is 10.1. The van der Waals surface area contributed by atoms with Gasteiger partial charge in [-0.1, -0.05) is 48.9 Å². The van der Waals surface area contributed by atoms with Gasteiger partial charge in [0.2, 0.25) is 5.91 Å². The molecule has 0 saturated carbocycles. The number of para-hydroxylation sites is 1. The molecule has 2 heterocycles. The molecule has 0 bridgehead atoms. The number of hydrogen-bond acceptors (Lipinski definition) is 4. The van der Waals surface area contributed by atoms with E-state index in [0.29, 0.717) is 16.6 Å². The van der Waals surface area contributed by atoms with E-state index >= 15 is 0 Å². The number of halogens is 1. The Morgan fingerprint density at radius 3 is 2.67 bits per heavy atom. The van der Waals surface area contributed by atoms with E-state index in [-0.39, 0.29) is 11.5 Å². The van der Waals surface area contributed by atoms with Crippen molar-refractivity contribution in [3.8, 4) is 11.3 Å². The summed E-state index contributed by atoms with van der Waals surface area (Å²) in [6.07, 6.45) is 0.480. The Balaban J connectivity index is 1.64. The zero-order valence-corrected chi connectivity index (χ0v) is 18.1. The number of carbonyl (C=O) groups excluding carboxylic acids is 1. The second-order valence-electron chi connectivity index (χ2n) is 7.01. The summed E-state index contributed by atoms with van der Waals surface area (Å²) in [5.74, 6) is -0.259. The Morgan fingerprint density at radius 2 is 1.93 bits per heavy atom. The van der Waals surface area contributed by atoms with Gasteiger partial charge in [0.1, 0.15) is 6.04 Å². The lowest BCUT2D eigenvalue weighted by Crippen LogP contribution is -2.33. The van der Waals surface area contributed by atoms with Gasteiger partial charge in [0.05, 0.1) is 11.2 Å². The number of amides is 1.